The number of aromatic nitrogens is 4. The lowest BCUT2D eigenvalue weighted by Gasteiger charge is -2.31. The smallest absolute Gasteiger partial charge is 0.204 e. The van der Waals surface area contributed by atoms with Crippen LogP contribution in [0, 0.1) is 10.7 Å². The topological polar surface area (TPSA) is 38.9 Å². The van der Waals surface area contributed by atoms with Crippen molar-refractivity contribution < 1.29 is 0 Å². The van der Waals surface area contributed by atoms with Crippen LogP contribution in [0.3, 0.4) is 0 Å². The summed E-state index contributed by atoms with van der Waals surface area (Å²) in [5, 5.41) is 4.95. The first-order valence-corrected chi connectivity index (χ1v) is 12.5. The molecular formula is C26H26BrN5S. The van der Waals surface area contributed by atoms with Gasteiger partial charge in [-0.25, -0.2) is 4.68 Å². The molecule has 0 unspecified atom stereocenters. The molecule has 5 rings (SSSR count). The Balaban J connectivity index is 1.36. The third kappa shape index (κ3) is 5.16. The summed E-state index contributed by atoms with van der Waals surface area (Å²) >= 11 is 9.44. The van der Waals surface area contributed by atoms with Gasteiger partial charge >= 0.3 is 0 Å². The van der Waals surface area contributed by atoms with E-state index in [1.165, 1.54) is 24.8 Å². The molecule has 0 aliphatic carbocycles. The van der Waals surface area contributed by atoms with Gasteiger partial charge in [0.2, 0.25) is 4.77 Å². The lowest BCUT2D eigenvalue weighted by atomic mass is 9.90. The molecule has 3 heterocycles. The average molecular weight is 521 g/mol. The van der Waals surface area contributed by atoms with Crippen molar-refractivity contribution in [2.75, 3.05) is 13.1 Å². The van der Waals surface area contributed by atoms with Gasteiger partial charge in [0.1, 0.15) is 0 Å². The Kier molecular flexibility index (Phi) is 6.80. The molecule has 168 valence electrons. The van der Waals surface area contributed by atoms with E-state index in [1.54, 1.807) is 12.4 Å². The van der Waals surface area contributed by atoms with E-state index in [-0.39, 0.29) is 0 Å². The Morgan fingerprint density at radius 3 is 2.30 bits per heavy atom. The molecule has 2 aromatic heterocycles. The Labute approximate surface area is 207 Å². The van der Waals surface area contributed by atoms with Crippen molar-refractivity contribution in [1.29, 1.82) is 0 Å². The SMILES string of the molecule is S=c1n(CN2CCC(Cc3ccccc3)CC2)nc(-c2ccncc2)n1-c1ccc(Br)cc1. The molecule has 1 fully saturated rings. The molecule has 0 bridgehead atoms. The third-order valence-corrected chi connectivity index (χ3v) is 7.19. The number of piperidine rings is 1. The van der Waals surface area contributed by atoms with Crippen LogP contribution in [-0.2, 0) is 13.1 Å². The Morgan fingerprint density at radius 1 is 0.909 bits per heavy atom. The van der Waals surface area contributed by atoms with Crippen molar-refractivity contribution in [3.05, 3.63) is 93.9 Å². The van der Waals surface area contributed by atoms with Gasteiger partial charge in [0.25, 0.3) is 0 Å². The second-order valence-corrected chi connectivity index (χ2v) is 9.83. The summed E-state index contributed by atoms with van der Waals surface area (Å²) in [6.45, 7) is 2.84. The second kappa shape index (κ2) is 10.1. The standard InChI is InChI=1S/C26H26BrN5S/c27-23-6-8-24(9-7-23)32-25(22-10-14-28-15-11-22)29-31(26(32)33)19-30-16-12-21(13-17-30)18-20-4-2-1-3-5-20/h1-11,14-15,21H,12-13,16-19H2. The van der Waals surface area contributed by atoms with E-state index in [4.69, 9.17) is 17.3 Å². The number of hydrogen-bond donors (Lipinski definition) is 0. The predicted octanol–water partition coefficient (Wildman–Crippen LogP) is 6.14. The largest absolute Gasteiger partial charge is 0.284 e. The van der Waals surface area contributed by atoms with Crippen molar-refractivity contribution in [1.82, 2.24) is 24.2 Å². The van der Waals surface area contributed by atoms with Gasteiger partial charge in [0.05, 0.1) is 12.4 Å². The average Bonchev–Trinajstić information content (AvgIpc) is 3.18. The van der Waals surface area contributed by atoms with Crippen LogP contribution in [0.25, 0.3) is 17.1 Å². The van der Waals surface area contributed by atoms with E-state index < -0.39 is 0 Å². The van der Waals surface area contributed by atoms with Gasteiger partial charge in [-0.15, -0.1) is 5.10 Å². The van der Waals surface area contributed by atoms with E-state index in [1.807, 2.05) is 28.9 Å². The highest BCUT2D eigenvalue weighted by molar-refractivity contribution is 9.10. The molecule has 0 N–H and O–H groups in total. The first-order chi connectivity index (χ1) is 16.2. The normalized spacial score (nSPS) is 15.1. The molecular weight excluding hydrogens is 494 g/mol. The van der Waals surface area contributed by atoms with Crippen molar-refractivity contribution in [3.63, 3.8) is 0 Å². The van der Waals surface area contributed by atoms with Crippen molar-refractivity contribution in [2.24, 2.45) is 5.92 Å². The zero-order valence-electron chi connectivity index (χ0n) is 18.3. The van der Waals surface area contributed by atoms with Crippen LogP contribution in [-0.4, -0.2) is 37.3 Å². The quantitative estimate of drug-likeness (QED) is 0.287. The van der Waals surface area contributed by atoms with Crippen LogP contribution in [0.15, 0.2) is 83.6 Å². The van der Waals surface area contributed by atoms with Crippen LogP contribution in [0.4, 0.5) is 0 Å². The molecule has 2 aromatic carbocycles. The molecule has 4 aromatic rings. The lowest BCUT2D eigenvalue weighted by molar-refractivity contribution is 0.140. The maximum Gasteiger partial charge on any atom is 0.204 e. The summed E-state index contributed by atoms with van der Waals surface area (Å²) in [6.07, 6.45) is 7.15. The maximum absolute atomic E-state index is 5.92. The van der Waals surface area contributed by atoms with Crippen LogP contribution in [0.5, 0.6) is 0 Å². The van der Waals surface area contributed by atoms with E-state index in [2.05, 4.69) is 72.8 Å². The summed E-state index contributed by atoms with van der Waals surface area (Å²) in [4.78, 5) is 6.63. The zero-order valence-corrected chi connectivity index (χ0v) is 20.8. The van der Waals surface area contributed by atoms with Crippen LogP contribution >= 0.6 is 28.1 Å². The van der Waals surface area contributed by atoms with Crippen molar-refractivity contribution >= 4 is 28.1 Å². The summed E-state index contributed by atoms with van der Waals surface area (Å²) in [6, 6.07) is 23.0. The summed E-state index contributed by atoms with van der Waals surface area (Å²) in [5.41, 5.74) is 3.44. The fourth-order valence-electron chi connectivity index (χ4n) is 4.48. The van der Waals surface area contributed by atoms with Crippen molar-refractivity contribution in [2.45, 2.75) is 25.9 Å². The molecule has 0 spiro atoms. The second-order valence-electron chi connectivity index (χ2n) is 8.55. The van der Waals surface area contributed by atoms with Crippen LogP contribution < -0.4 is 0 Å². The maximum atomic E-state index is 5.92. The molecule has 1 aliphatic heterocycles. The van der Waals surface area contributed by atoms with E-state index in [9.17, 15) is 0 Å². The predicted molar refractivity (Wildman–Crippen MR) is 138 cm³/mol. The number of rotatable bonds is 6. The van der Waals surface area contributed by atoms with Crippen molar-refractivity contribution in [3.8, 4) is 17.1 Å². The fraction of sp³-hybridized carbons (Fsp3) is 0.269. The number of nitrogens with zero attached hydrogens (tertiary/aromatic N) is 5. The number of pyridine rings is 1. The number of benzene rings is 2. The highest BCUT2D eigenvalue weighted by atomic mass is 79.9. The monoisotopic (exact) mass is 519 g/mol. The first-order valence-electron chi connectivity index (χ1n) is 11.3. The molecule has 0 radical (unpaired) electrons. The highest BCUT2D eigenvalue weighted by Gasteiger charge is 2.22. The first kappa shape index (κ1) is 22.2. The molecule has 0 amide bonds. The van der Waals surface area contributed by atoms with Gasteiger partial charge in [0.15, 0.2) is 5.82 Å². The number of halogens is 1. The number of hydrogen-bond acceptors (Lipinski definition) is 4. The Bertz CT molecular complexity index is 1240. The molecule has 33 heavy (non-hydrogen) atoms. The minimum atomic E-state index is 0.704. The molecule has 0 saturated carbocycles. The fourth-order valence-corrected chi connectivity index (χ4v) is 5.03. The molecule has 1 aliphatic rings. The summed E-state index contributed by atoms with van der Waals surface area (Å²) < 4.78 is 5.76. The summed E-state index contributed by atoms with van der Waals surface area (Å²) in [5.74, 6) is 1.58. The van der Waals surface area contributed by atoms with Gasteiger partial charge in [-0.3, -0.25) is 14.5 Å². The van der Waals surface area contributed by atoms with Crippen LogP contribution in [0.2, 0.25) is 0 Å². The Morgan fingerprint density at radius 2 is 1.61 bits per heavy atom. The minimum absolute atomic E-state index is 0.704. The molecule has 1 saturated heterocycles. The van der Waals surface area contributed by atoms with E-state index in [0.717, 1.165) is 40.6 Å². The van der Waals surface area contributed by atoms with Gasteiger partial charge in [0, 0.05) is 35.5 Å². The number of likely N-dealkylation sites (tertiary alicyclic amines) is 1. The van der Waals surface area contributed by atoms with Gasteiger partial charge < -0.3 is 0 Å². The molecule has 7 heteroatoms. The highest BCUT2D eigenvalue weighted by Crippen LogP contribution is 2.25. The van der Waals surface area contributed by atoms with Gasteiger partial charge in [-0.1, -0.05) is 46.3 Å². The molecule has 0 atom stereocenters. The molecule has 5 nitrogen and oxygen atoms in total. The zero-order chi connectivity index (χ0) is 22.6. The lowest BCUT2D eigenvalue weighted by Crippen LogP contribution is -2.36. The Hall–Kier alpha value is -2.61. The van der Waals surface area contributed by atoms with Gasteiger partial charge in [-0.05, 0) is 79.4 Å². The van der Waals surface area contributed by atoms with E-state index >= 15 is 0 Å². The third-order valence-electron chi connectivity index (χ3n) is 6.27. The van der Waals surface area contributed by atoms with Gasteiger partial charge in [-0.2, -0.15) is 0 Å². The minimum Gasteiger partial charge on any atom is -0.284 e. The van der Waals surface area contributed by atoms with E-state index in [0.29, 0.717) is 11.4 Å². The summed E-state index contributed by atoms with van der Waals surface area (Å²) in [7, 11) is 0. The van der Waals surface area contributed by atoms with Crippen LogP contribution in [0.1, 0.15) is 18.4 Å².